The van der Waals surface area contributed by atoms with Gasteiger partial charge in [0.1, 0.15) is 24.4 Å². The van der Waals surface area contributed by atoms with Gasteiger partial charge in [0.05, 0.1) is 37.4 Å². The third-order valence-corrected chi connectivity index (χ3v) is 15.2. The van der Waals surface area contributed by atoms with Crippen LogP contribution in [0.3, 0.4) is 0 Å². The molecule has 5 aliphatic carbocycles. The van der Waals surface area contributed by atoms with E-state index in [1.54, 1.807) is 0 Å². The smallest absolute Gasteiger partial charge is 0.310 e. The number of aliphatic hydroxyl groups excluding tert-OH is 7. The van der Waals surface area contributed by atoms with Crippen molar-refractivity contribution in [2.45, 2.75) is 135 Å². The van der Waals surface area contributed by atoms with Gasteiger partial charge in [-0.25, -0.2) is 0 Å². The van der Waals surface area contributed by atoms with Crippen LogP contribution in [-0.4, -0.2) is 110 Å². The Balaban J connectivity index is 1.36. The van der Waals surface area contributed by atoms with Crippen molar-refractivity contribution in [1.29, 1.82) is 0 Å². The Morgan fingerprint density at radius 2 is 1.55 bits per heavy atom. The molecule has 11 heteroatoms. The number of carbonyl (C=O) groups is 1. The van der Waals surface area contributed by atoms with Crippen LogP contribution in [0.25, 0.3) is 0 Å². The molecule has 6 rings (SSSR count). The van der Waals surface area contributed by atoms with Crippen LogP contribution in [0.5, 0.6) is 0 Å². The molecule has 4 saturated carbocycles. The molecule has 0 aromatic heterocycles. The van der Waals surface area contributed by atoms with Gasteiger partial charge in [0.2, 0.25) is 0 Å². The lowest BCUT2D eigenvalue weighted by molar-refractivity contribution is -0.345. The van der Waals surface area contributed by atoms with Gasteiger partial charge >= 0.3 is 5.97 Å². The van der Waals surface area contributed by atoms with E-state index in [1.165, 1.54) is 0 Å². The van der Waals surface area contributed by atoms with Crippen molar-refractivity contribution < 1.29 is 55.1 Å². The third-order valence-electron chi connectivity index (χ3n) is 15.2. The Kier molecular flexibility index (Phi) is 8.88. The molecule has 0 aromatic carbocycles. The number of aliphatic hydroxyl groups is 7. The molecule has 1 heterocycles. The summed E-state index contributed by atoms with van der Waals surface area (Å²) in [5, 5.41) is 86.1. The molecule has 15 atom stereocenters. The van der Waals surface area contributed by atoms with Crippen LogP contribution in [-0.2, 0) is 14.3 Å². The van der Waals surface area contributed by atoms with Crippen LogP contribution < -0.4 is 0 Å². The lowest BCUT2D eigenvalue weighted by Gasteiger charge is -2.72. The van der Waals surface area contributed by atoms with Crippen molar-refractivity contribution in [2.75, 3.05) is 19.8 Å². The van der Waals surface area contributed by atoms with E-state index in [0.29, 0.717) is 38.5 Å². The zero-order valence-corrected chi connectivity index (χ0v) is 28.6. The first-order chi connectivity index (χ1) is 21.9. The minimum absolute atomic E-state index is 0.00321. The fourth-order valence-corrected chi connectivity index (χ4v) is 12.5. The summed E-state index contributed by atoms with van der Waals surface area (Å²) in [6, 6.07) is 0. The first-order valence-corrected chi connectivity index (χ1v) is 17.7. The molecule has 268 valence electrons. The predicted octanol–water partition coefficient (Wildman–Crippen LogP) is 1.97. The number of carboxylic acids is 1. The van der Waals surface area contributed by atoms with Crippen molar-refractivity contribution in [1.82, 2.24) is 0 Å². The van der Waals surface area contributed by atoms with Crippen molar-refractivity contribution in [3.63, 3.8) is 0 Å². The summed E-state index contributed by atoms with van der Waals surface area (Å²) in [6.07, 6.45) is -1.41. The zero-order valence-electron chi connectivity index (χ0n) is 28.6. The first-order valence-electron chi connectivity index (χ1n) is 17.7. The maximum atomic E-state index is 13.0. The number of rotatable bonds is 6. The Labute approximate surface area is 278 Å². The molecule has 0 radical (unpaired) electrons. The molecule has 0 bridgehead atoms. The Morgan fingerprint density at radius 1 is 0.872 bits per heavy atom. The van der Waals surface area contributed by atoms with Crippen LogP contribution >= 0.6 is 0 Å². The van der Waals surface area contributed by atoms with Gasteiger partial charge in [-0.3, -0.25) is 4.79 Å². The second kappa shape index (κ2) is 11.7. The number of hydrogen-bond acceptors (Lipinski definition) is 10. The molecule has 5 fully saturated rings. The Morgan fingerprint density at radius 3 is 2.17 bits per heavy atom. The summed E-state index contributed by atoms with van der Waals surface area (Å²) in [7, 11) is 0. The molecule has 0 aromatic rings. The summed E-state index contributed by atoms with van der Waals surface area (Å²) in [5.74, 6) is -0.985. The maximum absolute atomic E-state index is 13.0. The van der Waals surface area contributed by atoms with Gasteiger partial charge in [0.25, 0.3) is 0 Å². The van der Waals surface area contributed by atoms with Crippen LogP contribution in [0.1, 0.15) is 92.4 Å². The van der Waals surface area contributed by atoms with E-state index >= 15 is 0 Å². The van der Waals surface area contributed by atoms with Crippen LogP contribution in [0, 0.1) is 50.2 Å². The van der Waals surface area contributed by atoms with Gasteiger partial charge in [0, 0.05) is 10.8 Å². The molecule has 1 saturated heterocycles. The second-order valence-electron chi connectivity index (χ2n) is 17.8. The fraction of sp³-hybridized carbons (Fsp3) is 0.917. The summed E-state index contributed by atoms with van der Waals surface area (Å²) in [6.45, 7) is 9.77. The van der Waals surface area contributed by atoms with E-state index in [0.717, 1.165) is 24.8 Å². The van der Waals surface area contributed by atoms with E-state index in [1.807, 2.05) is 6.92 Å². The highest BCUT2D eigenvalue weighted by atomic mass is 16.7. The Bertz CT molecular complexity index is 1250. The molecule has 11 nitrogen and oxygen atoms in total. The highest BCUT2D eigenvalue weighted by Crippen LogP contribution is 2.76. The van der Waals surface area contributed by atoms with Gasteiger partial charge in [-0.15, -0.1) is 0 Å². The molecule has 0 spiro atoms. The topological polar surface area (TPSA) is 197 Å². The molecule has 8 N–H and O–H groups in total. The maximum Gasteiger partial charge on any atom is 0.310 e. The minimum Gasteiger partial charge on any atom is -0.481 e. The number of allylic oxidation sites excluding steroid dienone is 1. The Hall–Kier alpha value is -1.15. The summed E-state index contributed by atoms with van der Waals surface area (Å²) in [5.41, 5.74) is -2.16. The third kappa shape index (κ3) is 4.81. The number of fused-ring (bicyclic) bond motifs is 7. The lowest BCUT2D eigenvalue weighted by atomic mass is 9.33. The van der Waals surface area contributed by atoms with Gasteiger partial charge in [-0.2, -0.15) is 0 Å². The standard InChI is InChI=1S/C36H58O11/c1-31(2)10-11-35(30(44)45)12-13-36(18-39)19(20(35)14-31)6-7-24-32(3)15-21(40)28(33(4,17-38)23(32)8-9-34(24,36)5)47-29-27(43)26(42)25(41)22(16-37)46-29/h6,20-29,37-43H,7-18H2,1-5H3,(H,44,45)/t20-,21-,22+,23+,24+,25+,26-,27+,28-,29-,32-,33-,34+,35-,36-/m0/s1. The van der Waals surface area contributed by atoms with E-state index in [-0.39, 0.29) is 41.8 Å². The summed E-state index contributed by atoms with van der Waals surface area (Å²) >= 11 is 0. The monoisotopic (exact) mass is 666 g/mol. The first kappa shape index (κ1) is 35.7. The van der Waals surface area contributed by atoms with Crippen molar-refractivity contribution >= 4 is 5.97 Å². The number of ether oxygens (including phenoxy) is 2. The van der Waals surface area contributed by atoms with E-state index < -0.39 is 77.1 Å². The van der Waals surface area contributed by atoms with Gasteiger partial charge in [-0.1, -0.05) is 46.3 Å². The summed E-state index contributed by atoms with van der Waals surface area (Å²) < 4.78 is 11.9. The molecule has 6 aliphatic rings. The van der Waals surface area contributed by atoms with Crippen molar-refractivity contribution in [3.05, 3.63) is 11.6 Å². The van der Waals surface area contributed by atoms with E-state index in [2.05, 4.69) is 33.8 Å². The van der Waals surface area contributed by atoms with Crippen molar-refractivity contribution in [3.8, 4) is 0 Å². The lowest BCUT2D eigenvalue weighted by Crippen LogP contribution is -2.70. The molecule has 0 unspecified atom stereocenters. The molecule has 1 aliphatic heterocycles. The fourth-order valence-electron chi connectivity index (χ4n) is 12.5. The van der Waals surface area contributed by atoms with Crippen LogP contribution in [0.2, 0.25) is 0 Å². The van der Waals surface area contributed by atoms with Gasteiger partial charge < -0.3 is 50.3 Å². The minimum atomic E-state index is -1.63. The molecular formula is C36H58O11. The highest BCUT2D eigenvalue weighted by molar-refractivity contribution is 5.76. The predicted molar refractivity (Wildman–Crippen MR) is 170 cm³/mol. The number of hydrogen-bond donors (Lipinski definition) is 8. The van der Waals surface area contributed by atoms with Crippen LogP contribution in [0.15, 0.2) is 11.6 Å². The molecular weight excluding hydrogens is 608 g/mol. The van der Waals surface area contributed by atoms with E-state index in [9.17, 15) is 45.6 Å². The highest BCUT2D eigenvalue weighted by Gasteiger charge is 2.72. The molecule has 0 amide bonds. The number of aliphatic carboxylic acids is 1. The average Bonchev–Trinajstić information content (AvgIpc) is 3.01. The second-order valence-corrected chi connectivity index (χ2v) is 17.8. The normalized spacial score (nSPS) is 53.9. The zero-order chi connectivity index (χ0) is 34.5. The average molecular weight is 667 g/mol. The van der Waals surface area contributed by atoms with Gasteiger partial charge in [0.15, 0.2) is 6.29 Å². The summed E-state index contributed by atoms with van der Waals surface area (Å²) in [4.78, 5) is 13.0. The SMILES string of the molecule is CC1(C)CC[C@]2(C(=O)O)CC[C@]3(CO)C(=CC[C@@H]4[C@@]5(C)C[C@H](O)[C@H](O[C@@H]6O[C@H](CO)[C@@H](O)[C@H](O)[C@H]6O)[C@@](C)(CO)[C@@H]5CC[C@]43C)[C@@H]2C1. The van der Waals surface area contributed by atoms with Crippen molar-refractivity contribution in [2.24, 2.45) is 50.2 Å². The largest absolute Gasteiger partial charge is 0.481 e. The quantitative estimate of drug-likeness (QED) is 0.152. The number of carboxylic acid groups (broad SMARTS) is 1. The van der Waals surface area contributed by atoms with Gasteiger partial charge in [-0.05, 0) is 91.8 Å². The van der Waals surface area contributed by atoms with Crippen LogP contribution in [0.4, 0.5) is 0 Å². The van der Waals surface area contributed by atoms with E-state index in [4.69, 9.17) is 9.47 Å². The molecule has 47 heavy (non-hydrogen) atoms.